The lowest BCUT2D eigenvalue weighted by Crippen LogP contribution is -2.30. The lowest BCUT2D eigenvalue weighted by atomic mass is 10.1. The van der Waals surface area contributed by atoms with E-state index in [2.05, 4.69) is 38.9 Å². The fourth-order valence-corrected chi connectivity index (χ4v) is 4.91. The summed E-state index contributed by atoms with van der Waals surface area (Å²) in [5.74, 6) is 0.443. The smallest absolute Gasteiger partial charge is 0.254 e. The van der Waals surface area contributed by atoms with Gasteiger partial charge in [0.2, 0.25) is 0 Å². The lowest BCUT2D eigenvalue weighted by Gasteiger charge is -2.18. The number of aromatic nitrogens is 3. The molecule has 3 aromatic rings. The molecule has 0 aliphatic carbocycles. The minimum atomic E-state index is 0.0533. The van der Waals surface area contributed by atoms with Gasteiger partial charge in [0, 0.05) is 34.4 Å². The number of nitrogens with zero attached hydrogens (tertiary/aromatic N) is 4. The van der Waals surface area contributed by atoms with Crippen molar-refractivity contribution in [2.45, 2.75) is 40.2 Å². The Morgan fingerprint density at radius 3 is 2.75 bits per heavy atom. The predicted octanol–water partition coefficient (Wildman–Crippen LogP) is 3.78. The largest absolute Gasteiger partial charge is 0.338 e. The highest BCUT2D eigenvalue weighted by molar-refractivity contribution is 7.12. The van der Waals surface area contributed by atoms with Gasteiger partial charge in [0.25, 0.3) is 5.91 Å². The third-order valence-electron chi connectivity index (χ3n) is 5.51. The van der Waals surface area contributed by atoms with E-state index in [0.29, 0.717) is 18.0 Å². The van der Waals surface area contributed by atoms with Gasteiger partial charge in [0.1, 0.15) is 0 Å². The number of amides is 1. The van der Waals surface area contributed by atoms with E-state index in [0.717, 1.165) is 41.8 Å². The summed E-state index contributed by atoms with van der Waals surface area (Å²) in [4.78, 5) is 22.7. The molecule has 3 aromatic heterocycles. The van der Waals surface area contributed by atoms with Crippen LogP contribution in [-0.2, 0) is 0 Å². The fourth-order valence-electron chi connectivity index (χ4n) is 3.98. The second-order valence-corrected chi connectivity index (χ2v) is 9.40. The summed E-state index contributed by atoms with van der Waals surface area (Å²) in [5.41, 5.74) is 9.22. The highest BCUT2D eigenvalue weighted by atomic mass is 32.1. The van der Waals surface area contributed by atoms with E-state index < -0.39 is 0 Å². The molecule has 0 radical (unpaired) electrons. The van der Waals surface area contributed by atoms with Crippen molar-refractivity contribution in [1.82, 2.24) is 19.7 Å². The maximum atomic E-state index is 13.4. The number of fused-ring (bicyclic) bond motifs is 1. The van der Waals surface area contributed by atoms with Crippen LogP contribution in [0.5, 0.6) is 0 Å². The number of carbonyl (C=O) groups is 1. The highest BCUT2D eigenvalue weighted by Gasteiger charge is 2.28. The van der Waals surface area contributed by atoms with Gasteiger partial charge in [-0.25, -0.2) is 9.67 Å². The van der Waals surface area contributed by atoms with E-state index in [-0.39, 0.29) is 11.9 Å². The molecular weight excluding hydrogens is 370 g/mol. The minimum Gasteiger partial charge on any atom is -0.338 e. The molecule has 1 aliphatic rings. The molecule has 0 saturated carbocycles. The van der Waals surface area contributed by atoms with E-state index in [1.165, 1.54) is 9.75 Å². The molecule has 0 aromatic carbocycles. The Labute approximate surface area is 169 Å². The first-order valence-corrected chi connectivity index (χ1v) is 10.7. The van der Waals surface area contributed by atoms with E-state index in [9.17, 15) is 4.79 Å². The topological polar surface area (TPSA) is 77.0 Å². The van der Waals surface area contributed by atoms with E-state index in [1.807, 2.05) is 15.6 Å². The molecule has 0 bridgehead atoms. The Morgan fingerprint density at radius 1 is 1.36 bits per heavy atom. The second kappa shape index (κ2) is 7.29. The molecule has 1 fully saturated rings. The molecule has 6 nitrogen and oxygen atoms in total. The van der Waals surface area contributed by atoms with Gasteiger partial charge in [-0.15, -0.1) is 11.3 Å². The lowest BCUT2D eigenvalue weighted by molar-refractivity contribution is 0.0789. The molecule has 148 valence electrons. The molecule has 7 heteroatoms. The molecule has 1 saturated heterocycles. The van der Waals surface area contributed by atoms with Crippen molar-refractivity contribution >= 4 is 28.3 Å². The molecule has 0 spiro atoms. The molecule has 2 N–H and O–H groups in total. The van der Waals surface area contributed by atoms with Crippen molar-refractivity contribution < 1.29 is 4.79 Å². The van der Waals surface area contributed by atoms with Gasteiger partial charge >= 0.3 is 0 Å². The zero-order valence-corrected chi connectivity index (χ0v) is 17.7. The first-order valence-electron chi connectivity index (χ1n) is 9.84. The summed E-state index contributed by atoms with van der Waals surface area (Å²) in [6.07, 6.45) is 2.75. The third-order valence-corrected chi connectivity index (χ3v) is 6.48. The highest BCUT2D eigenvalue weighted by Crippen LogP contribution is 2.33. The van der Waals surface area contributed by atoms with E-state index in [4.69, 9.17) is 10.7 Å². The third kappa shape index (κ3) is 3.22. The second-order valence-electron chi connectivity index (χ2n) is 7.94. The van der Waals surface area contributed by atoms with Crippen LogP contribution in [0.25, 0.3) is 22.3 Å². The Balaban J connectivity index is 1.87. The summed E-state index contributed by atoms with van der Waals surface area (Å²) in [6, 6.07) is 4.27. The standard InChI is InChI=1S/C21H27N5OS/c1-12(2)26-20-18(10-23-26)17(21(27)25-6-5-15(9-22)11-25)8-19(24-20)16-7-13(3)28-14(16)4/h7-8,10,12,15H,5-6,9,11,22H2,1-4H3/t15-/m1/s1. The van der Waals surface area contributed by atoms with Crippen molar-refractivity contribution in [2.75, 3.05) is 19.6 Å². The van der Waals surface area contributed by atoms with Crippen LogP contribution in [0.3, 0.4) is 0 Å². The average molecular weight is 398 g/mol. The van der Waals surface area contributed by atoms with Crippen molar-refractivity contribution in [3.63, 3.8) is 0 Å². The van der Waals surface area contributed by atoms with Crippen LogP contribution in [0.15, 0.2) is 18.3 Å². The molecule has 28 heavy (non-hydrogen) atoms. The van der Waals surface area contributed by atoms with Crippen LogP contribution in [0.2, 0.25) is 0 Å². The van der Waals surface area contributed by atoms with Crippen LogP contribution < -0.4 is 5.73 Å². The van der Waals surface area contributed by atoms with Gasteiger partial charge < -0.3 is 10.6 Å². The number of hydrogen-bond acceptors (Lipinski definition) is 5. The first kappa shape index (κ1) is 19.1. The van der Waals surface area contributed by atoms with Crippen LogP contribution in [0.4, 0.5) is 0 Å². The van der Waals surface area contributed by atoms with E-state index in [1.54, 1.807) is 17.5 Å². The van der Waals surface area contributed by atoms with Crippen molar-refractivity contribution in [3.8, 4) is 11.3 Å². The summed E-state index contributed by atoms with van der Waals surface area (Å²) >= 11 is 1.75. The van der Waals surface area contributed by atoms with Crippen LogP contribution in [0, 0.1) is 19.8 Å². The number of pyridine rings is 1. The number of nitrogens with two attached hydrogens (primary N) is 1. The first-order chi connectivity index (χ1) is 13.4. The van der Waals surface area contributed by atoms with Gasteiger partial charge in [-0.2, -0.15) is 5.10 Å². The maximum absolute atomic E-state index is 13.4. The number of carbonyl (C=O) groups excluding carboxylic acids is 1. The Bertz CT molecular complexity index is 1040. The molecule has 0 unspecified atom stereocenters. The predicted molar refractivity (Wildman–Crippen MR) is 114 cm³/mol. The SMILES string of the molecule is Cc1cc(-c2cc(C(=O)N3CC[C@H](CN)C3)c3cnn(C(C)C)c3n2)c(C)s1. The summed E-state index contributed by atoms with van der Waals surface area (Å²) in [7, 11) is 0. The average Bonchev–Trinajstić information content (AvgIpc) is 3.37. The number of aryl methyl sites for hydroxylation is 2. The van der Waals surface area contributed by atoms with Gasteiger partial charge in [-0.1, -0.05) is 0 Å². The molecular formula is C21H27N5OS. The van der Waals surface area contributed by atoms with Gasteiger partial charge in [-0.05, 0) is 58.7 Å². The zero-order valence-electron chi connectivity index (χ0n) is 16.9. The van der Waals surface area contributed by atoms with Gasteiger partial charge in [0.15, 0.2) is 5.65 Å². The van der Waals surface area contributed by atoms with E-state index >= 15 is 0 Å². The van der Waals surface area contributed by atoms with Gasteiger partial charge in [-0.3, -0.25) is 4.79 Å². The summed E-state index contributed by atoms with van der Waals surface area (Å²) < 4.78 is 1.90. The Morgan fingerprint density at radius 2 is 2.14 bits per heavy atom. The Hall–Kier alpha value is -2.25. The quantitative estimate of drug-likeness (QED) is 0.727. The van der Waals surface area contributed by atoms with Gasteiger partial charge in [0.05, 0.1) is 22.8 Å². The molecule has 1 aliphatic heterocycles. The number of likely N-dealkylation sites (tertiary alicyclic amines) is 1. The minimum absolute atomic E-state index is 0.0533. The summed E-state index contributed by atoms with van der Waals surface area (Å²) in [5, 5.41) is 5.35. The molecule has 1 amide bonds. The maximum Gasteiger partial charge on any atom is 0.254 e. The van der Waals surface area contributed by atoms with Crippen molar-refractivity contribution in [2.24, 2.45) is 11.7 Å². The monoisotopic (exact) mass is 397 g/mol. The Kier molecular flexibility index (Phi) is 4.97. The van der Waals surface area contributed by atoms with Crippen molar-refractivity contribution in [1.29, 1.82) is 0 Å². The van der Waals surface area contributed by atoms with Crippen LogP contribution in [-0.4, -0.2) is 45.2 Å². The summed E-state index contributed by atoms with van der Waals surface area (Å²) in [6.45, 7) is 10.5. The fraction of sp³-hybridized carbons (Fsp3) is 0.476. The zero-order chi connectivity index (χ0) is 20.0. The number of rotatable bonds is 4. The van der Waals surface area contributed by atoms with Crippen LogP contribution in [0.1, 0.15) is 46.4 Å². The number of thiophene rings is 1. The van der Waals surface area contributed by atoms with Crippen molar-refractivity contribution in [3.05, 3.63) is 33.6 Å². The van der Waals surface area contributed by atoms with Crippen LogP contribution >= 0.6 is 11.3 Å². The molecule has 4 heterocycles. The normalized spacial score (nSPS) is 17.2. The number of hydrogen-bond donors (Lipinski definition) is 1. The molecule has 4 rings (SSSR count). The molecule has 1 atom stereocenters.